The first-order chi connectivity index (χ1) is 9.90. The summed E-state index contributed by atoms with van der Waals surface area (Å²) in [5, 5.41) is 5.08. The molecule has 0 saturated heterocycles. The van der Waals surface area contributed by atoms with Crippen molar-refractivity contribution in [2.24, 2.45) is 5.14 Å². The van der Waals surface area contributed by atoms with E-state index in [2.05, 4.69) is 35.0 Å². The van der Waals surface area contributed by atoms with E-state index in [1.807, 2.05) is 12.1 Å². The minimum Gasteiger partial charge on any atom is -0.488 e. The summed E-state index contributed by atoms with van der Waals surface area (Å²) in [5.41, 5.74) is 2.33. The Morgan fingerprint density at radius 3 is 2.24 bits per heavy atom. The highest BCUT2D eigenvalue weighted by Gasteiger charge is 2.11. The van der Waals surface area contributed by atoms with Crippen LogP contribution in [0, 0.1) is 0 Å². The second-order valence-electron chi connectivity index (χ2n) is 4.60. The van der Waals surface area contributed by atoms with Gasteiger partial charge in [0.15, 0.2) is 0 Å². The molecule has 2 aromatic carbocycles. The number of rotatable bonds is 5. The van der Waals surface area contributed by atoms with E-state index in [1.54, 1.807) is 6.07 Å². The number of halogens is 1. The van der Waals surface area contributed by atoms with E-state index in [9.17, 15) is 8.42 Å². The monoisotopic (exact) mass is 369 g/mol. The third-order valence-corrected chi connectivity index (χ3v) is 4.59. The summed E-state index contributed by atoms with van der Waals surface area (Å²) < 4.78 is 28.7. The average Bonchev–Trinajstić information content (AvgIpc) is 2.45. The first-order valence-corrected chi connectivity index (χ1v) is 8.77. The molecular weight excluding hydrogens is 354 g/mol. The van der Waals surface area contributed by atoms with Crippen LogP contribution in [0.3, 0.4) is 0 Å². The van der Waals surface area contributed by atoms with Crippen molar-refractivity contribution in [3.63, 3.8) is 0 Å². The molecule has 2 N–H and O–H groups in total. The number of sulfonamides is 1. The van der Waals surface area contributed by atoms with Crippen LogP contribution in [0.25, 0.3) is 0 Å². The zero-order valence-corrected chi connectivity index (χ0v) is 13.9. The first-order valence-electron chi connectivity index (χ1n) is 6.43. The van der Waals surface area contributed by atoms with Crippen molar-refractivity contribution in [1.29, 1.82) is 0 Å². The van der Waals surface area contributed by atoms with Crippen molar-refractivity contribution in [2.75, 3.05) is 0 Å². The number of benzene rings is 2. The van der Waals surface area contributed by atoms with Gasteiger partial charge < -0.3 is 4.74 Å². The van der Waals surface area contributed by atoms with Gasteiger partial charge in [-0.25, -0.2) is 13.6 Å². The van der Waals surface area contributed by atoms with Crippen LogP contribution >= 0.6 is 15.9 Å². The van der Waals surface area contributed by atoms with Crippen molar-refractivity contribution in [3.05, 3.63) is 58.1 Å². The zero-order valence-electron chi connectivity index (χ0n) is 11.5. The Kier molecular flexibility index (Phi) is 5.03. The summed E-state index contributed by atoms with van der Waals surface area (Å²) in [7, 11) is -3.70. The predicted molar refractivity (Wildman–Crippen MR) is 85.7 cm³/mol. The molecule has 2 aromatic rings. The van der Waals surface area contributed by atoms with Crippen LogP contribution in [0.4, 0.5) is 0 Å². The van der Waals surface area contributed by atoms with Gasteiger partial charge in [-0.05, 0) is 51.7 Å². The lowest BCUT2D eigenvalue weighted by Crippen LogP contribution is -2.12. The molecule has 0 aliphatic carbocycles. The largest absolute Gasteiger partial charge is 0.488 e. The van der Waals surface area contributed by atoms with Crippen LogP contribution in [0.5, 0.6) is 5.75 Å². The van der Waals surface area contributed by atoms with Crippen LogP contribution in [0.1, 0.15) is 18.1 Å². The van der Waals surface area contributed by atoms with Gasteiger partial charge in [0.05, 0.1) is 9.37 Å². The summed E-state index contributed by atoms with van der Waals surface area (Å²) in [6, 6.07) is 12.6. The van der Waals surface area contributed by atoms with Gasteiger partial charge in [0.2, 0.25) is 10.0 Å². The average molecular weight is 370 g/mol. The lowest BCUT2D eigenvalue weighted by atomic mass is 10.1. The third kappa shape index (κ3) is 4.30. The highest BCUT2D eigenvalue weighted by atomic mass is 79.9. The number of aryl methyl sites for hydroxylation is 1. The smallest absolute Gasteiger partial charge is 0.238 e. The molecule has 0 heterocycles. The Bertz CT molecular complexity index is 727. The Morgan fingerprint density at radius 2 is 1.71 bits per heavy atom. The fourth-order valence-electron chi connectivity index (χ4n) is 1.81. The molecule has 0 bridgehead atoms. The van der Waals surface area contributed by atoms with Gasteiger partial charge in [0, 0.05) is 0 Å². The summed E-state index contributed by atoms with van der Waals surface area (Å²) in [5.74, 6) is 0.571. The second-order valence-corrected chi connectivity index (χ2v) is 7.01. The van der Waals surface area contributed by atoms with E-state index in [1.165, 1.54) is 17.7 Å². The first kappa shape index (κ1) is 16.0. The fraction of sp³-hybridized carbons (Fsp3) is 0.200. The number of hydrogen-bond acceptors (Lipinski definition) is 3. The van der Waals surface area contributed by atoms with Crippen LogP contribution in [-0.2, 0) is 23.1 Å². The van der Waals surface area contributed by atoms with E-state index in [0.717, 1.165) is 12.0 Å². The van der Waals surface area contributed by atoms with Crippen LogP contribution in [-0.4, -0.2) is 8.42 Å². The molecular formula is C15H16BrNO3S. The molecule has 0 aliphatic rings. The van der Waals surface area contributed by atoms with Crippen LogP contribution in [0.2, 0.25) is 0 Å². The Balaban J connectivity index is 2.09. The summed E-state index contributed by atoms with van der Waals surface area (Å²) in [6.45, 7) is 2.52. The number of primary sulfonamides is 1. The third-order valence-electron chi connectivity index (χ3n) is 3.06. The summed E-state index contributed by atoms with van der Waals surface area (Å²) in [6.07, 6.45) is 1.00. The van der Waals surface area contributed by atoms with E-state index >= 15 is 0 Å². The quantitative estimate of drug-likeness (QED) is 0.879. The lowest BCUT2D eigenvalue weighted by Gasteiger charge is -2.09. The molecule has 112 valence electrons. The van der Waals surface area contributed by atoms with E-state index in [4.69, 9.17) is 9.88 Å². The molecule has 0 atom stereocenters. The van der Waals surface area contributed by atoms with Gasteiger partial charge in [-0.3, -0.25) is 0 Å². The Labute approximate surface area is 133 Å². The van der Waals surface area contributed by atoms with E-state index in [0.29, 0.717) is 16.8 Å². The van der Waals surface area contributed by atoms with Gasteiger partial charge in [0.1, 0.15) is 12.4 Å². The Hall–Kier alpha value is -1.37. The zero-order chi connectivity index (χ0) is 15.5. The molecule has 2 rings (SSSR count). The number of ether oxygens (including phenoxy) is 1. The minimum absolute atomic E-state index is 0.0500. The maximum absolute atomic E-state index is 11.3. The van der Waals surface area contributed by atoms with Gasteiger partial charge >= 0.3 is 0 Å². The molecule has 0 fully saturated rings. The normalized spacial score (nSPS) is 11.4. The molecule has 0 spiro atoms. The SMILES string of the molecule is CCc1ccc(COc2ccc(S(N)(=O)=O)cc2Br)cc1. The van der Waals surface area contributed by atoms with Crippen molar-refractivity contribution >= 4 is 26.0 Å². The van der Waals surface area contributed by atoms with Crippen molar-refractivity contribution < 1.29 is 13.2 Å². The molecule has 0 radical (unpaired) electrons. The van der Waals surface area contributed by atoms with Gasteiger partial charge in [-0.15, -0.1) is 0 Å². The lowest BCUT2D eigenvalue weighted by molar-refractivity contribution is 0.304. The fourth-order valence-corrected chi connectivity index (χ4v) is 2.99. The summed E-state index contributed by atoms with van der Waals surface area (Å²) in [4.78, 5) is 0.0500. The predicted octanol–water partition coefficient (Wildman–Crippen LogP) is 3.24. The second kappa shape index (κ2) is 6.60. The number of hydrogen-bond donors (Lipinski definition) is 1. The van der Waals surface area contributed by atoms with Crippen molar-refractivity contribution in [3.8, 4) is 5.75 Å². The van der Waals surface area contributed by atoms with E-state index in [-0.39, 0.29) is 4.90 Å². The molecule has 0 aromatic heterocycles. The standard InChI is InChI=1S/C15H16BrNO3S/c1-2-11-3-5-12(6-4-11)10-20-15-8-7-13(9-14(15)16)21(17,18)19/h3-9H,2,10H2,1H3,(H2,17,18,19). The summed E-state index contributed by atoms with van der Waals surface area (Å²) >= 11 is 3.29. The Morgan fingerprint density at radius 1 is 1.10 bits per heavy atom. The van der Waals surface area contributed by atoms with Gasteiger partial charge in [-0.1, -0.05) is 31.2 Å². The molecule has 6 heteroatoms. The maximum atomic E-state index is 11.3. The van der Waals surface area contributed by atoms with Gasteiger partial charge in [-0.2, -0.15) is 0 Å². The topological polar surface area (TPSA) is 69.4 Å². The maximum Gasteiger partial charge on any atom is 0.238 e. The molecule has 0 amide bonds. The minimum atomic E-state index is -3.70. The van der Waals surface area contributed by atoms with Crippen LogP contribution < -0.4 is 9.88 Å². The van der Waals surface area contributed by atoms with Crippen molar-refractivity contribution in [1.82, 2.24) is 0 Å². The molecule has 0 unspecified atom stereocenters. The number of nitrogens with two attached hydrogens (primary N) is 1. The molecule has 0 aliphatic heterocycles. The molecule has 4 nitrogen and oxygen atoms in total. The van der Waals surface area contributed by atoms with Gasteiger partial charge in [0.25, 0.3) is 0 Å². The highest BCUT2D eigenvalue weighted by Crippen LogP contribution is 2.28. The van der Waals surface area contributed by atoms with Crippen LogP contribution in [0.15, 0.2) is 51.8 Å². The van der Waals surface area contributed by atoms with Crippen molar-refractivity contribution in [2.45, 2.75) is 24.8 Å². The molecule has 21 heavy (non-hydrogen) atoms. The molecule has 0 saturated carbocycles. The van der Waals surface area contributed by atoms with E-state index < -0.39 is 10.0 Å². The highest BCUT2D eigenvalue weighted by molar-refractivity contribution is 9.10.